The first-order valence-electron chi connectivity index (χ1n) is 3.79. The molecule has 1 saturated carbocycles. The molecular weight excluding hydrogens is 168 g/mol. The van der Waals surface area contributed by atoms with E-state index in [1.165, 1.54) is 0 Å². The van der Waals surface area contributed by atoms with Crippen molar-refractivity contribution < 1.29 is 4.79 Å². The van der Waals surface area contributed by atoms with E-state index in [4.69, 9.17) is 22.1 Å². The number of rotatable bonds is 3. The Balaban J connectivity index is 3.09. The van der Waals surface area contributed by atoms with E-state index in [9.17, 15) is 4.79 Å². The van der Waals surface area contributed by atoms with Gasteiger partial charge in [0.2, 0.25) is 5.91 Å². The number of carbonyl (C=O) groups is 1. The van der Waals surface area contributed by atoms with Crippen molar-refractivity contribution in [2.75, 3.05) is 0 Å². The Morgan fingerprint density at radius 1 is 1.54 bits per heavy atom. The number of amides is 1. The molecule has 1 aliphatic carbocycles. The van der Waals surface area contributed by atoms with E-state index in [-0.39, 0.29) is 11.3 Å². The first kappa shape index (κ1) is 9.26. The molecule has 1 amide bonds. The van der Waals surface area contributed by atoms with Crippen molar-refractivity contribution in [3.05, 3.63) is 11.3 Å². The first-order chi connectivity index (χ1) is 6.08. The van der Waals surface area contributed by atoms with E-state index in [2.05, 4.69) is 0 Å². The summed E-state index contributed by atoms with van der Waals surface area (Å²) in [6.45, 7) is 0. The van der Waals surface area contributed by atoms with Gasteiger partial charge in [-0.2, -0.15) is 5.26 Å². The van der Waals surface area contributed by atoms with E-state index in [1.54, 1.807) is 6.07 Å². The molecule has 0 heterocycles. The number of primary amides is 1. The molecule has 1 aliphatic rings. The van der Waals surface area contributed by atoms with Gasteiger partial charge >= 0.3 is 0 Å². The average molecular weight is 178 g/mol. The molecule has 13 heavy (non-hydrogen) atoms. The highest BCUT2D eigenvalue weighted by atomic mass is 16.1. The molecule has 0 aromatic carbocycles. The number of nitrogens with two attached hydrogens (primary N) is 2. The number of hydrogen-bond donors (Lipinski definition) is 3. The number of nitrogens with one attached hydrogen (secondary N) is 1. The Kier molecular flexibility index (Phi) is 2.07. The number of nitrogens with zero attached hydrogens (tertiary/aromatic N) is 1. The summed E-state index contributed by atoms with van der Waals surface area (Å²) < 4.78 is 0. The van der Waals surface area contributed by atoms with Crippen LogP contribution in [0.25, 0.3) is 0 Å². The summed E-state index contributed by atoms with van der Waals surface area (Å²) in [5, 5.41) is 15.5. The van der Waals surface area contributed by atoms with E-state index in [0.717, 1.165) is 6.21 Å². The van der Waals surface area contributed by atoms with Crippen LogP contribution in [0.15, 0.2) is 11.3 Å². The Hall–Kier alpha value is -1.83. The Labute approximate surface area is 75.5 Å². The molecule has 1 rings (SSSR count). The van der Waals surface area contributed by atoms with Crippen molar-refractivity contribution in [2.45, 2.75) is 12.8 Å². The maximum absolute atomic E-state index is 11.0. The zero-order chi connectivity index (χ0) is 10.1. The maximum atomic E-state index is 11.0. The smallest absolute Gasteiger partial charge is 0.229 e. The lowest BCUT2D eigenvalue weighted by atomic mass is 9.98. The fourth-order valence-corrected chi connectivity index (χ4v) is 1.20. The Bertz CT molecular complexity index is 333. The van der Waals surface area contributed by atoms with Gasteiger partial charge in [0.1, 0.15) is 6.07 Å². The van der Waals surface area contributed by atoms with Gasteiger partial charge in [-0.05, 0) is 12.8 Å². The van der Waals surface area contributed by atoms with Crippen molar-refractivity contribution in [1.82, 2.24) is 0 Å². The van der Waals surface area contributed by atoms with Crippen LogP contribution in [0, 0.1) is 22.2 Å². The number of hydrogen-bond acceptors (Lipinski definition) is 4. The summed E-state index contributed by atoms with van der Waals surface area (Å²) in [6.07, 6.45) is 2.00. The van der Waals surface area contributed by atoms with Gasteiger partial charge in [-0.1, -0.05) is 0 Å². The zero-order valence-electron chi connectivity index (χ0n) is 7.00. The second-order valence-corrected chi connectivity index (χ2v) is 3.03. The van der Waals surface area contributed by atoms with Gasteiger partial charge in [0, 0.05) is 11.9 Å². The van der Waals surface area contributed by atoms with E-state index >= 15 is 0 Å². The number of allylic oxidation sites excluding steroid dienone is 1. The highest BCUT2D eigenvalue weighted by Gasteiger charge is 2.52. The lowest BCUT2D eigenvalue weighted by molar-refractivity contribution is -0.121. The standard InChI is InChI=1S/C8H10N4O/c9-3-5(4-10)6(11)8(1-2-8)7(12)13/h3,9H,1-2,11H2,(H2,12,13)/b6-5+,9-3?. The minimum Gasteiger partial charge on any atom is -0.400 e. The summed E-state index contributed by atoms with van der Waals surface area (Å²) >= 11 is 0. The fourth-order valence-electron chi connectivity index (χ4n) is 1.20. The van der Waals surface area contributed by atoms with Crippen molar-refractivity contribution in [2.24, 2.45) is 16.9 Å². The van der Waals surface area contributed by atoms with Crippen LogP contribution < -0.4 is 11.5 Å². The highest BCUT2D eigenvalue weighted by Crippen LogP contribution is 2.50. The van der Waals surface area contributed by atoms with Gasteiger partial charge in [-0.15, -0.1) is 0 Å². The Morgan fingerprint density at radius 2 is 2.08 bits per heavy atom. The fraction of sp³-hybridized carbons (Fsp3) is 0.375. The van der Waals surface area contributed by atoms with Crippen LogP contribution in [-0.4, -0.2) is 12.1 Å². The van der Waals surface area contributed by atoms with Crippen LogP contribution in [-0.2, 0) is 4.79 Å². The number of carbonyl (C=O) groups excluding carboxylic acids is 1. The zero-order valence-corrected chi connectivity index (χ0v) is 7.00. The van der Waals surface area contributed by atoms with E-state index in [0.29, 0.717) is 12.8 Å². The lowest BCUT2D eigenvalue weighted by Gasteiger charge is -2.11. The predicted molar refractivity (Wildman–Crippen MR) is 46.5 cm³/mol. The van der Waals surface area contributed by atoms with Gasteiger partial charge in [0.15, 0.2) is 0 Å². The maximum Gasteiger partial charge on any atom is 0.229 e. The first-order valence-corrected chi connectivity index (χ1v) is 3.79. The van der Waals surface area contributed by atoms with Gasteiger partial charge in [-0.3, -0.25) is 4.79 Å². The predicted octanol–water partition coefficient (Wildman–Crippen LogP) is -0.362. The highest BCUT2D eigenvalue weighted by molar-refractivity contribution is 5.91. The van der Waals surface area contributed by atoms with E-state index in [1.807, 2.05) is 0 Å². The molecule has 0 atom stereocenters. The van der Waals surface area contributed by atoms with Crippen LogP contribution in [0.3, 0.4) is 0 Å². The SMILES string of the molecule is N#C/C(C=N)=C(/N)C1(C(N)=O)CC1. The van der Waals surface area contributed by atoms with Gasteiger partial charge in [0.25, 0.3) is 0 Å². The summed E-state index contributed by atoms with van der Waals surface area (Å²) in [5.74, 6) is -0.514. The van der Waals surface area contributed by atoms with Crippen molar-refractivity contribution in [3.8, 4) is 6.07 Å². The minimum atomic E-state index is -0.845. The molecule has 0 aromatic heterocycles. The van der Waals surface area contributed by atoms with Gasteiger partial charge in [0.05, 0.1) is 11.0 Å². The molecule has 5 N–H and O–H groups in total. The van der Waals surface area contributed by atoms with Gasteiger partial charge in [-0.25, -0.2) is 0 Å². The topological polar surface area (TPSA) is 117 Å². The van der Waals surface area contributed by atoms with Crippen LogP contribution in [0.4, 0.5) is 0 Å². The monoisotopic (exact) mass is 178 g/mol. The van der Waals surface area contributed by atoms with E-state index < -0.39 is 11.3 Å². The summed E-state index contributed by atoms with van der Waals surface area (Å²) in [4.78, 5) is 11.0. The summed E-state index contributed by atoms with van der Waals surface area (Å²) in [5.41, 5.74) is 10.0. The molecule has 0 unspecified atom stereocenters. The second-order valence-electron chi connectivity index (χ2n) is 3.03. The summed E-state index contributed by atoms with van der Waals surface area (Å²) in [7, 11) is 0. The molecule has 5 heteroatoms. The van der Waals surface area contributed by atoms with Crippen LogP contribution >= 0.6 is 0 Å². The molecule has 5 nitrogen and oxygen atoms in total. The molecule has 0 bridgehead atoms. The van der Waals surface area contributed by atoms with Crippen molar-refractivity contribution in [1.29, 1.82) is 10.7 Å². The second kappa shape index (κ2) is 2.90. The largest absolute Gasteiger partial charge is 0.400 e. The average Bonchev–Trinajstić information content (AvgIpc) is 2.86. The molecule has 1 fully saturated rings. The normalized spacial score (nSPS) is 19.6. The summed E-state index contributed by atoms with van der Waals surface area (Å²) in [6, 6.07) is 1.76. The molecule has 0 aliphatic heterocycles. The third kappa shape index (κ3) is 1.26. The van der Waals surface area contributed by atoms with Crippen molar-refractivity contribution >= 4 is 12.1 Å². The van der Waals surface area contributed by atoms with Crippen LogP contribution in [0.2, 0.25) is 0 Å². The molecule has 0 saturated heterocycles. The molecule has 0 spiro atoms. The molecular formula is C8H10N4O. The molecule has 68 valence electrons. The third-order valence-corrected chi connectivity index (χ3v) is 2.29. The van der Waals surface area contributed by atoms with Gasteiger partial charge < -0.3 is 16.9 Å². The van der Waals surface area contributed by atoms with Crippen LogP contribution in [0.5, 0.6) is 0 Å². The lowest BCUT2D eigenvalue weighted by Crippen LogP contribution is -2.31. The molecule has 0 aromatic rings. The minimum absolute atomic E-state index is 0.0244. The quantitative estimate of drug-likeness (QED) is 0.404. The Morgan fingerprint density at radius 3 is 2.31 bits per heavy atom. The van der Waals surface area contributed by atoms with Crippen LogP contribution in [0.1, 0.15) is 12.8 Å². The molecule has 0 radical (unpaired) electrons. The third-order valence-electron chi connectivity index (χ3n) is 2.29. The number of nitriles is 1. The van der Waals surface area contributed by atoms with Crippen molar-refractivity contribution in [3.63, 3.8) is 0 Å².